The second kappa shape index (κ2) is 31.3. The van der Waals surface area contributed by atoms with E-state index < -0.39 is 20.0 Å². The van der Waals surface area contributed by atoms with Gasteiger partial charge in [-0.3, -0.25) is 9.32 Å². The molecule has 0 unspecified atom stereocenters. The molecule has 0 aliphatic rings. The highest BCUT2D eigenvalue weighted by molar-refractivity contribution is 7.46. The molecule has 0 aliphatic heterocycles. The Bertz CT molecular complexity index is 683. The zero-order chi connectivity index (χ0) is 31.9. The highest BCUT2D eigenvalue weighted by Crippen LogP contribution is 2.36. The van der Waals surface area contributed by atoms with Crippen LogP contribution in [0.3, 0.4) is 0 Å². The molecule has 2 atom stereocenters. The number of hydrogen-bond acceptors (Lipinski definition) is 4. The fraction of sp³-hybridized carbons (Fsp3) is 0.914. The molecule has 0 radical (unpaired) electrons. The Balaban J connectivity index is 4.21. The summed E-state index contributed by atoms with van der Waals surface area (Å²) in [6.07, 6.45) is 35.2. The van der Waals surface area contributed by atoms with E-state index in [1.54, 1.807) is 7.11 Å². The third-order valence-corrected chi connectivity index (χ3v) is 8.73. The van der Waals surface area contributed by atoms with Crippen molar-refractivity contribution in [3.05, 3.63) is 12.2 Å². The van der Waals surface area contributed by atoms with Gasteiger partial charge in [-0.25, -0.2) is 4.57 Å². The maximum Gasteiger partial charge on any atom is 0.469 e. The molecule has 256 valence electrons. The van der Waals surface area contributed by atoms with E-state index in [0.29, 0.717) is 6.42 Å². The van der Waals surface area contributed by atoms with E-state index in [9.17, 15) is 19.1 Å². The molecule has 1 amide bonds. The van der Waals surface area contributed by atoms with Crippen molar-refractivity contribution in [3.63, 3.8) is 0 Å². The number of rotatable bonds is 33. The van der Waals surface area contributed by atoms with Crippen LogP contribution in [0, 0.1) is 0 Å². The van der Waals surface area contributed by atoms with Gasteiger partial charge in [0.25, 0.3) is 0 Å². The third kappa shape index (κ3) is 31.1. The van der Waals surface area contributed by atoms with Crippen molar-refractivity contribution in [2.24, 2.45) is 0 Å². The number of phosphoric ester groups is 1. The molecule has 3 N–H and O–H groups in total. The number of ether oxygens (including phenoxy) is 1. The Morgan fingerprint density at radius 1 is 0.674 bits per heavy atom. The number of nitrogens with one attached hydrogen (secondary N) is 1. The van der Waals surface area contributed by atoms with Crippen LogP contribution in [0.15, 0.2) is 12.2 Å². The molecule has 0 fully saturated rings. The lowest BCUT2D eigenvalue weighted by molar-refractivity contribution is -0.123. The second-order valence-corrected chi connectivity index (χ2v) is 13.6. The predicted octanol–water partition coefficient (Wildman–Crippen LogP) is 10.3. The van der Waals surface area contributed by atoms with Gasteiger partial charge in [-0.05, 0) is 19.3 Å². The lowest BCUT2D eigenvalue weighted by Crippen LogP contribution is -2.46. The minimum absolute atomic E-state index is 0.136. The summed E-state index contributed by atoms with van der Waals surface area (Å²) in [6.45, 7) is 4.20. The molecule has 0 bridgehead atoms. The maximum atomic E-state index is 12.6. The van der Waals surface area contributed by atoms with Crippen LogP contribution in [0.25, 0.3) is 0 Å². The quantitative estimate of drug-likeness (QED) is 0.0378. The van der Waals surface area contributed by atoms with Crippen LogP contribution in [0.2, 0.25) is 0 Å². The highest BCUT2D eigenvalue weighted by Gasteiger charge is 2.25. The van der Waals surface area contributed by atoms with Gasteiger partial charge in [-0.1, -0.05) is 167 Å². The third-order valence-electron chi connectivity index (χ3n) is 8.24. The smallest absolute Gasteiger partial charge is 0.375 e. The molecule has 0 aromatic carbocycles. The van der Waals surface area contributed by atoms with Gasteiger partial charge in [0.15, 0.2) is 0 Å². The van der Waals surface area contributed by atoms with E-state index in [1.165, 1.54) is 128 Å². The molecule has 0 heterocycles. The largest absolute Gasteiger partial charge is 0.469 e. The van der Waals surface area contributed by atoms with Crippen molar-refractivity contribution >= 4 is 13.7 Å². The lowest BCUT2D eigenvalue weighted by Gasteiger charge is -2.25. The summed E-state index contributed by atoms with van der Waals surface area (Å²) in [4.78, 5) is 31.1. The first kappa shape index (κ1) is 42.3. The highest BCUT2D eigenvalue weighted by atomic mass is 31.2. The molecular weight excluding hydrogens is 561 g/mol. The fourth-order valence-corrected chi connectivity index (χ4v) is 5.87. The summed E-state index contributed by atoms with van der Waals surface area (Å²) in [6, 6.07) is -0.666. The first-order valence-electron chi connectivity index (χ1n) is 18.0. The van der Waals surface area contributed by atoms with Crippen LogP contribution in [0.1, 0.15) is 181 Å². The van der Waals surface area contributed by atoms with Crippen LogP contribution in [-0.4, -0.2) is 41.6 Å². The summed E-state index contributed by atoms with van der Waals surface area (Å²) in [5.74, 6) is -0.136. The summed E-state index contributed by atoms with van der Waals surface area (Å²) in [5.41, 5.74) is 0. The first-order chi connectivity index (χ1) is 20.8. The van der Waals surface area contributed by atoms with Crippen LogP contribution in [-0.2, 0) is 18.6 Å². The number of methoxy groups -OCH3 is 1. The van der Waals surface area contributed by atoms with Crippen molar-refractivity contribution < 1.29 is 28.4 Å². The molecule has 43 heavy (non-hydrogen) atoms. The monoisotopic (exact) mass is 631 g/mol. The Hall–Kier alpha value is -0.720. The van der Waals surface area contributed by atoms with Gasteiger partial charge in [0.1, 0.15) is 0 Å². The van der Waals surface area contributed by atoms with Gasteiger partial charge in [0, 0.05) is 13.5 Å². The fourth-order valence-electron chi connectivity index (χ4n) is 5.51. The Labute approximate surface area is 266 Å². The molecule has 0 aromatic rings. The van der Waals surface area contributed by atoms with Crippen molar-refractivity contribution in [1.29, 1.82) is 0 Å². The SMILES string of the molecule is CCCCCCCCCCCCC/C=C/[C@@H](OC)[C@H](COP(=O)(O)O)NC(=O)CCCCCCCCCCCCCCC. The average Bonchev–Trinajstić information content (AvgIpc) is 2.97. The van der Waals surface area contributed by atoms with E-state index >= 15 is 0 Å². The zero-order valence-electron chi connectivity index (χ0n) is 28.4. The summed E-state index contributed by atoms with van der Waals surface area (Å²) >= 11 is 0. The minimum Gasteiger partial charge on any atom is -0.375 e. The van der Waals surface area contributed by atoms with Crippen molar-refractivity contribution in [3.8, 4) is 0 Å². The number of phosphoric acid groups is 1. The van der Waals surface area contributed by atoms with E-state index in [4.69, 9.17) is 9.26 Å². The van der Waals surface area contributed by atoms with Crippen LogP contribution >= 0.6 is 7.82 Å². The van der Waals surface area contributed by atoms with Gasteiger partial charge in [0.05, 0.1) is 18.8 Å². The van der Waals surface area contributed by atoms with Crippen molar-refractivity contribution in [2.75, 3.05) is 13.7 Å². The predicted molar refractivity (Wildman–Crippen MR) is 181 cm³/mol. The van der Waals surface area contributed by atoms with Crippen molar-refractivity contribution in [1.82, 2.24) is 5.32 Å². The number of carbonyl (C=O) groups excluding carboxylic acids is 1. The maximum absolute atomic E-state index is 12.6. The summed E-state index contributed by atoms with van der Waals surface area (Å²) < 4.78 is 21.7. The molecule has 7 nitrogen and oxygen atoms in total. The second-order valence-electron chi connectivity index (χ2n) is 12.4. The number of hydrogen-bond donors (Lipinski definition) is 3. The van der Waals surface area contributed by atoms with Crippen molar-refractivity contribution in [2.45, 2.75) is 193 Å². The number of carbonyl (C=O) groups is 1. The minimum atomic E-state index is -4.66. The number of allylic oxidation sites excluding steroid dienone is 1. The van der Waals surface area contributed by atoms with Crippen LogP contribution in [0.5, 0.6) is 0 Å². The van der Waals surface area contributed by atoms with E-state index in [2.05, 4.69) is 19.2 Å². The molecule has 0 saturated carbocycles. The molecule has 0 aromatic heterocycles. The van der Waals surface area contributed by atoms with Gasteiger partial charge < -0.3 is 19.8 Å². The number of unbranched alkanes of at least 4 members (excludes halogenated alkanes) is 23. The average molecular weight is 632 g/mol. The summed E-state index contributed by atoms with van der Waals surface area (Å²) in [5, 5.41) is 2.90. The van der Waals surface area contributed by atoms with Crippen LogP contribution < -0.4 is 5.32 Å². The van der Waals surface area contributed by atoms with Gasteiger partial charge >= 0.3 is 7.82 Å². The molecule has 0 rings (SSSR count). The lowest BCUT2D eigenvalue weighted by atomic mass is 10.0. The van der Waals surface area contributed by atoms with Gasteiger partial charge in [0.2, 0.25) is 5.91 Å². The number of amides is 1. The van der Waals surface area contributed by atoms with Gasteiger partial charge in [-0.15, -0.1) is 0 Å². The van der Waals surface area contributed by atoms with E-state index in [1.807, 2.05) is 12.2 Å². The first-order valence-corrected chi connectivity index (χ1v) is 19.6. The Morgan fingerprint density at radius 3 is 1.47 bits per heavy atom. The molecule has 8 heteroatoms. The molecule has 0 aliphatic carbocycles. The Kier molecular flexibility index (Phi) is 30.7. The molecule has 0 saturated heterocycles. The standard InChI is InChI=1S/C35H70NO6P/c1-4-6-8-10-12-14-16-18-20-22-24-26-28-30-34(41-3)33(32-42-43(38,39)40)36-35(37)31-29-27-25-23-21-19-17-15-13-11-9-7-5-2/h28,30,33-34H,4-27,29,31-32H2,1-3H3,(H,36,37)(H2,38,39,40)/b30-28+/t33-,34+/m0/s1. The van der Waals surface area contributed by atoms with Crippen LogP contribution in [0.4, 0.5) is 0 Å². The molecular formula is C35H70NO6P. The molecule has 0 spiro atoms. The zero-order valence-corrected chi connectivity index (χ0v) is 29.3. The summed E-state index contributed by atoms with van der Waals surface area (Å²) in [7, 11) is -3.11. The Morgan fingerprint density at radius 2 is 1.07 bits per heavy atom. The van der Waals surface area contributed by atoms with Gasteiger partial charge in [-0.2, -0.15) is 0 Å². The topological polar surface area (TPSA) is 105 Å². The normalized spacial score (nSPS) is 13.5. The van der Waals surface area contributed by atoms with E-state index in [0.717, 1.165) is 32.1 Å². The van der Waals surface area contributed by atoms with E-state index in [-0.39, 0.29) is 12.5 Å².